The van der Waals surface area contributed by atoms with E-state index >= 15 is 0 Å². The van der Waals surface area contributed by atoms with E-state index in [2.05, 4.69) is 0 Å². The number of para-hydroxylation sites is 1. The summed E-state index contributed by atoms with van der Waals surface area (Å²) >= 11 is 1.60. The molecule has 0 atom stereocenters. The smallest absolute Gasteiger partial charge is 0.303 e. The van der Waals surface area contributed by atoms with Crippen molar-refractivity contribution >= 4 is 39.2 Å². The minimum Gasteiger partial charge on any atom is -0.493 e. The van der Waals surface area contributed by atoms with Gasteiger partial charge in [-0.3, -0.25) is 4.79 Å². The molecule has 0 unspecified atom stereocenters. The zero-order chi connectivity index (χ0) is 20.8. The fraction of sp³-hybridized carbons (Fsp3) is 0.273. The summed E-state index contributed by atoms with van der Waals surface area (Å²) in [6.07, 6.45) is 3.24. The molecule has 0 aliphatic rings. The van der Waals surface area contributed by atoms with Crippen molar-refractivity contribution in [1.29, 1.82) is 0 Å². The van der Waals surface area contributed by atoms with E-state index in [1.165, 1.54) is 0 Å². The second-order valence-electron chi connectivity index (χ2n) is 6.36. The Hall–Kier alpha value is -3.06. The standard InChI is InChI=1S/C22H23NO5S/c1-26-17-12-14(13-18(27-2)21(17)28-3)11-15(7-6-10-20(24)25)22-23-16-8-4-5-9-19(16)29-22/h4-5,8-9,11-13H,6-7,10H2,1-3H3,(H,24,25)/b15-11+. The average molecular weight is 413 g/mol. The normalized spacial score (nSPS) is 11.5. The number of allylic oxidation sites excluding steroid dienone is 1. The highest BCUT2D eigenvalue weighted by molar-refractivity contribution is 7.19. The molecule has 0 amide bonds. The van der Waals surface area contributed by atoms with E-state index in [4.69, 9.17) is 24.3 Å². The molecule has 0 radical (unpaired) electrons. The van der Waals surface area contributed by atoms with Crippen LogP contribution in [0.1, 0.15) is 29.8 Å². The summed E-state index contributed by atoms with van der Waals surface area (Å²) in [5.74, 6) is 0.848. The van der Waals surface area contributed by atoms with Crippen LogP contribution in [0.25, 0.3) is 21.9 Å². The van der Waals surface area contributed by atoms with E-state index in [9.17, 15) is 4.79 Å². The second kappa shape index (κ2) is 9.43. The van der Waals surface area contributed by atoms with E-state index in [1.807, 2.05) is 42.5 Å². The van der Waals surface area contributed by atoms with Gasteiger partial charge >= 0.3 is 5.97 Å². The first-order valence-corrected chi connectivity index (χ1v) is 9.95. The molecule has 2 aromatic carbocycles. The third kappa shape index (κ3) is 4.86. The van der Waals surface area contributed by atoms with Gasteiger partial charge < -0.3 is 19.3 Å². The highest BCUT2D eigenvalue weighted by Crippen LogP contribution is 2.40. The number of nitrogens with zero attached hydrogens (tertiary/aromatic N) is 1. The number of carboxylic acid groups (broad SMARTS) is 1. The third-order valence-electron chi connectivity index (χ3n) is 4.43. The number of hydrogen-bond donors (Lipinski definition) is 1. The summed E-state index contributed by atoms with van der Waals surface area (Å²) in [6.45, 7) is 0. The Morgan fingerprint density at radius 3 is 2.34 bits per heavy atom. The molecule has 1 N–H and O–H groups in total. The molecular formula is C22H23NO5S. The molecule has 0 fully saturated rings. The molecule has 7 heteroatoms. The van der Waals surface area contributed by atoms with Crippen molar-refractivity contribution in [2.24, 2.45) is 0 Å². The number of aliphatic carboxylic acids is 1. The Morgan fingerprint density at radius 1 is 1.07 bits per heavy atom. The number of hydrogen-bond acceptors (Lipinski definition) is 6. The van der Waals surface area contributed by atoms with Crippen molar-refractivity contribution in [2.45, 2.75) is 19.3 Å². The highest BCUT2D eigenvalue weighted by Gasteiger charge is 2.15. The monoisotopic (exact) mass is 413 g/mol. The van der Waals surface area contributed by atoms with Crippen molar-refractivity contribution in [2.75, 3.05) is 21.3 Å². The molecule has 0 aliphatic carbocycles. The number of aromatic nitrogens is 1. The first-order chi connectivity index (χ1) is 14.0. The van der Waals surface area contributed by atoms with Gasteiger partial charge in [0.15, 0.2) is 11.5 Å². The third-order valence-corrected chi connectivity index (χ3v) is 5.55. The SMILES string of the molecule is COc1cc(/C=C(\CCCC(=O)O)c2nc3ccccc3s2)cc(OC)c1OC. The van der Waals surface area contributed by atoms with Gasteiger partial charge in [-0.15, -0.1) is 11.3 Å². The van der Waals surface area contributed by atoms with Crippen molar-refractivity contribution in [3.05, 3.63) is 47.0 Å². The van der Waals surface area contributed by atoms with Crippen LogP contribution in [0, 0.1) is 0 Å². The number of carboxylic acids is 1. The summed E-state index contributed by atoms with van der Waals surface area (Å²) in [4.78, 5) is 15.7. The van der Waals surface area contributed by atoms with E-state index in [1.54, 1.807) is 32.7 Å². The largest absolute Gasteiger partial charge is 0.493 e. The molecule has 0 saturated heterocycles. The summed E-state index contributed by atoms with van der Waals surface area (Å²) in [6, 6.07) is 11.7. The lowest BCUT2D eigenvalue weighted by Crippen LogP contribution is -1.96. The van der Waals surface area contributed by atoms with E-state index in [0.717, 1.165) is 26.4 Å². The van der Waals surface area contributed by atoms with Gasteiger partial charge in [-0.1, -0.05) is 12.1 Å². The van der Waals surface area contributed by atoms with Crippen LogP contribution in [0.5, 0.6) is 17.2 Å². The number of carbonyl (C=O) groups is 1. The van der Waals surface area contributed by atoms with Gasteiger partial charge in [0.2, 0.25) is 5.75 Å². The van der Waals surface area contributed by atoms with Gasteiger partial charge in [0.1, 0.15) is 5.01 Å². The van der Waals surface area contributed by atoms with Crippen LogP contribution in [-0.4, -0.2) is 37.4 Å². The molecule has 152 valence electrons. The summed E-state index contributed by atoms with van der Waals surface area (Å²) < 4.78 is 17.4. The van der Waals surface area contributed by atoms with Gasteiger partial charge in [0.05, 0.1) is 31.5 Å². The van der Waals surface area contributed by atoms with E-state index in [0.29, 0.717) is 30.1 Å². The summed E-state index contributed by atoms with van der Waals surface area (Å²) in [7, 11) is 4.71. The molecule has 1 heterocycles. The molecule has 1 aromatic heterocycles. The Labute approximate surface area is 173 Å². The van der Waals surface area contributed by atoms with Crippen LogP contribution in [-0.2, 0) is 4.79 Å². The molecule has 6 nitrogen and oxygen atoms in total. The Balaban J connectivity index is 2.05. The molecule has 0 bridgehead atoms. The zero-order valence-corrected chi connectivity index (χ0v) is 17.4. The highest BCUT2D eigenvalue weighted by atomic mass is 32.1. The van der Waals surface area contributed by atoms with Crippen LogP contribution >= 0.6 is 11.3 Å². The number of rotatable bonds is 9. The molecule has 0 aliphatic heterocycles. The molecule has 29 heavy (non-hydrogen) atoms. The predicted octanol–water partition coefficient (Wildman–Crippen LogP) is 5.12. The Morgan fingerprint density at radius 2 is 1.76 bits per heavy atom. The minimum atomic E-state index is -0.804. The van der Waals surface area contributed by atoms with E-state index in [-0.39, 0.29) is 6.42 Å². The maximum Gasteiger partial charge on any atom is 0.303 e. The van der Waals surface area contributed by atoms with E-state index < -0.39 is 5.97 Å². The Bertz CT molecular complexity index is 983. The minimum absolute atomic E-state index is 0.109. The lowest BCUT2D eigenvalue weighted by molar-refractivity contribution is -0.137. The fourth-order valence-corrected chi connectivity index (χ4v) is 4.08. The van der Waals surface area contributed by atoms with Crippen molar-refractivity contribution in [1.82, 2.24) is 4.98 Å². The molecule has 3 rings (SSSR count). The van der Waals surface area contributed by atoms with Crippen molar-refractivity contribution in [3.8, 4) is 17.2 Å². The van der Waals surface area contributed by atoms with Crippen LogP contribution in [0.4, 0.5) is 0 Å². The first-order valence-electron chi connectivity index (χ1n) is 9.14. The van der Waals surface area contributed by atoms with Gasteiger partial charge in [0.25, 0.3) is 0 Å². The van der Waals surface area contributed by atoms with Crippen LogP contribution in [0.3, 0.4) is 0 Å². The predicted molar refractivity (Wildman–Crippen MR) is 115 cm³/mol. The number of thiazole rings is 1. The van der Waals surface area contributed by atoms with Crippen LogP contribution in [0.15, 0.2) is 36.4 Å². The van der Waals surface area contributed by atoms with Crippen molar-refractivity contribution < 1.29 is 24.1 Å². The molecular weight excluding hydrogens is 390 g/mol. The second-order valence-corrected chi connectivity index (χ2v) is 7.39. The number of benzene rings is 2. The fourth-order valence-electron chi connectivity index (χ4n) is 3.07. The average Bonchev–Trinajstić information content (AvgIpc) is 3.16. The van der Waals surface area contributed by atoms with Gasteiger partial charge in [-0.25, -0.2) is 4.98 Å². The lowest BCUT2D eigenvalue weighted by atomic mass is 10.0. The lowest BCUT2D eigenvalue weighted by Gasteiger charge is -2.13. The van der Waals surface area contributed by atoms with Gasteiger partial charge in [-0.2, -0.15) is 0 Å². The molecule has 3 aromatic rings. The maximum absolute atomic E-state index is 11.0. The first kappa shape index (κ1) is 20.7. The number of ether oxygens (including phenoxy) is 3. The van der Waals surface area contributed by atoms with Crippen LogP contribution in [0.2, 0.25) is 0 Å². The zero-order valence-electron chi connectivity index (χ0n) is 16.6. The molecule has 0 spiro atoms. The van der Waals surface area contributed by atoms with Crippen molar-refractivity contribution in [3.63, 3.8) is 0 Å². The van der Waals surface area contributed by atoms with Gasteiger partial charge in [-0.05, 0) is 54.3 Å². The Kier molecular flexibility index (Phi) is 6.72. The van der Waals surface area contributed by atoms with Crippen LogP contribution < -0.4 is 14.2 Å². The maximum atomic E-state index is 11.0. The molecule has 0 saturated carbocycles. The quantitative estimate of drug-likeness (QED) is 0.525. The summed E-state index contributed by atoms with van der Waals surface area (Å²) in [5, 5.41) is 9.90. The number of methoxy groups -OCH3 is 3. The summed E-state index contributed by atoms with van der Waals surface area (Å²) in [5.41, 5.74) is 2.77. The number of fused-ring (bicyclic) bond motifs is 1. The van der Waals surface area contributed by atoms with Gasteiger partial charge in [0, 0.05) is 6.42 Å². The topological polar surface area (TPSA) is 77.9 Å².